The molecule has 2 nitrogen and oxygen atoms in total. The third-order valence-corrected chi connectivity index (χ3v) is 1.34. The van der Waals surface area contributed by atoms with Gasteiger partial charge < -0.3 is 10.5 Å². The summed E-state index contributed by atoms with van der Waals surface area (Å²) in [6.45, 7) is 3.88. The summed E-state index contributed by atoms with van der Waals surface area (Å²) in [7, 11) is 0. The van der Waals surface area contributed by atoms with Crippen molar-refractivity contribution in [2.45, 2.75) is 0 Å². The third-order valence-electron chi connectivity index (χ3n) is 1.34. The highest BCUT2D eigenvalue weighted by atomic mass is 19.1. The monoisotopic (exact) mass is 167 g/mol. The summed E-state index contributed by atoms with van der Waals surface area (Å²) in [5, 5.41) is 0. The van der Waals surface area contributed by atoms with Crippen LogP contribution in [0.5, 0.6) is 5.75 Å². The SMILES string of the molecule is C=CCOc1ccc(F)c(N)c1. The molecule has 0 unspecified atom stereocenters. The van der Waals surface area contributed by atoms with Crippen LogP contribution in [0.3, 0.4) is 0 Å². The summed E-state index contributed by atoms with van der Waals surface area (Å²) in [5.74, 6) is 0.120. The molecule has 0 spiro atoms. The molecule has 1 rings (SSSR count). The van der Waals surface area contributed by atoms with Crippen molar-refractivity contribution in [2.75, 3.05) is 12.3 Å². The van der Waals surface area contributed by atoms with Gasteiger partial charge in [-0.3, -0.25) is 0 Å². The van der Waals surface area contributed by atoms with Gasteiger partial charge in [-0.15, -0.1) is 0 Å². The lowest BCUT2D eigenvalue weighted by atomic mass is 10.3. The molecular formula is C9H10FNO. The molecule has 0 saturated carbocycles. The maximum atomic E-state index is 12.6. The molecule has 2 N–H and O–H groups in total. The Morgan fingerprint density at radius 3 is 2.92 bits per heavy atom. The van der Waals surface area contributed by atoms with Crippen LogP contribution in [0.2, 0.25) is 0 Å². The summed E-state index contributed by atoms with van der Waals surface area (Å²) < 4.78 is 17.7. The van der Waals surface area contributed by atoms with E-state index in [2.05, 4.69) is 6.58 Å². The quantitative estimate of drug-likeness (QED) is 0.551. The van der Waals surface area contributed by atoms with Gasteiger partial charge in [0.15, 0.2) is 0 Å². The Morgan fingerprint density at radius 1 is 1.58 bits per heavy atom. The first-order chi connectivity index (χ1) is 5.74. The van der Waals surface area contributed by atoms with E-state index in [9.17, 15) is 4.39 Å². The van der Waals surface area contributed by atoms with Crippen LogP contribution >= 0.6 is 0 Å². The van der Waals surface area contributed by atoms with Crippen LogP contribution in [0.1, 0.15) is 0 Å². The highest BCUT2D eigenvalue weighted by molar-refractivity contribution is 5.45. The molecule has 0 heterocycles. The van der Waals surface area contributed by atoms with Crippen molar-refractivity contribution in [3.05, 3.63) is 36.7 Å². The van der Waals surface area contributed by atoms with Crippen molar-refractivity contribution >= 4 is 5.69 Å². The lowest BCUT2D eigenvalue weighted by Gasteiger charge is -2.03. The maximum absolute atomic E-state index is 12.6. The first-order valence-corrected chi connectivity index (χ1v) is 3.52. The molecule has 3 heteroatoms. The number of nitrogen functional groups attached to an aromatic ring is 1. The summed E-state index contributed by atoms with van der Waals surface area (Å²) in [6, 6.07) is 4.24. The summed E-state index contributed by atoms with van der Waals surface area (Å²) in [4.78, 5) is 0. The smallest absolute Gasteiger partial charge is 0.146 e. The average Bonchev–Trinajstić information content (AvgIpc) is 2.07. The van der Waals surface area contributed by atoms with E-state index in [-0.39, 0.29) is 5.69 Å². The van der Waals surface area contributed by atoms with Gasteiger partial charge in [0.05, 0.1) is 5.69 Å². The second-order valence-electron chi connectivity index (χ2n) is 2.28. The van der Waals surface area contributed by atoms with E-state index in [1.54, 1.807) is 6.08 Å². The molecule has 0 atom stereocenters. The Kier molecular flexibility index (Phi) is 2.69. The molecular weight excluding hydrogens is 157 g/mol. The van der Waals surface area contributed by atoms with Crippen molar-refractivity contribution in [1.29, 1.82) is 0 Å². The first-order valence-electron chi connectivity index (χ1n) is 3.52. The van der Waals surface area contributed by atoms with Gasteiger partial charge in [0, 0.05) is 6.07 Å². The van der Waals surface area contributed by atoms with Crippen molar-refractivity contribution in [1.82, 2.24) is 0 Å². The topological polar surface area (TPSA) is 35.2 Å². The Labute approximate surface area is 70.5 Å². The fraction of sp³-hybridized carbons (Fsp3) is 0.111. The minimum atomic E-state index is -0.430. The number of hydrogen-bond donors (Lipinski definition) is 1. The molecule has 1 aromatic carbocycles. The summed E-state index contributed by atoms with van der Waals surface area (Å²) in [5.41, 5.74) is 5.41. The molecule has 0 aliphatic heterocycles. The number of anilines is 1. The molecule has 0 amide bonds. The van der Waals surface area contributed by atoms with E-state index >= 15 is 0 Å². The largest absolute Gasteiger partial charge is 0.489 e. The lowest BCUT2D eigenvalue weighted by Crippen LogP contribution is -1.95. The van der Waals surface area contributed by atoms with E-state index in [0.29, 0.717) is 12.4 Å². The molecule has 0 fully saturated rings. The summed E-state index contributed by atoms with van der Waals surface area (Å²) in [6.07, 6.45) is 1.61. The lowest BCUT2D eigenvalue weighted by molar-refractivity contribution is 0.363. The van der Waals surface area contributed by atoms with Crippen molar-refractivity contribution in [3.63, 3.8) is 0 Å². The highest BCUT2D eigenvalue weighted by Gasteiger charge is 1.98. The normalized spacial score (nSPS) is 9.42. The van der Waals surface area contributed by atoms with E-state index in [1.165, 1.54) is 18.2 Å². The van der Waals surface area contributed by atoms with E-state index in [4.69, 9.17) is 10.5 Å². The van der Waals surface area contributed by atoms with Crippen molar-refractivity contribution < 1.29 is 9.13 Å². The van der Waals surface area contributed by atoms with Crippen LogP contribution in [0, 0.1) is 5.82 Å². The van der Waals surface area contributed by atoms with Gasteiger partial charge >= 0.3 is 0 Å². The predicted octanol–water partition coefficient (Wildman–Crippen LogP) is 1.97. The van der Waals surface area contributed by atoms with Crippen LogP contribution in [-0.2, 0) is 0 Å². The van der Waals surface area contributed by atoms with Gasteiger partial charge in [-0.2, -0.15) is 0 Å². The van der Waals surface area contributed by atoms with Crippen LogP contribution in [0.15, 0.2) is 30.9 Å². The standard InChI is InChI=1S/C9H10FNO/c1-2-5-12-7-3-4-8(10)9(11)6-7/h2-4,6H,1,5,11H2. The Bertz CT molecular complexity index is 286. The van der Waals surface area contributed by atoms with E-state index in [1.807, 2.05) is 0 Å². The number of ether oxygens (including phenoxy) is 1. The minimum absolute atomic E-state index is 0.0940. The van der Waals surface area contributed by atoms with Gasteiger partial charge in [-0.05, 0) is 12.1 Å². The zero-order valence-electron chi connectivity index (χ0n) is 6.59. The molecule has 64 valence electrons. The Morgan fingerprint density at radius 2 is 2.33 bits per heavy atom. The number of hydrogen-bond acceptors (Lipinski definition) is 2. The molecule has 0 saturated heterocycles. The third kappa shape index (κ3) is 1.99. The molecule has 1 aromatic rings. The van der Waals surface area contributed by atoms with E-state index in [0.717, 1.165) is 0 Å². The van der Waals surface area contributed by atoms with Crippen molar-refractivity contribution in [3.8, 4) is 5.75 Å². The fourth-order valence-corrected chi connectivity index (χ4v) is 0.767. The fourth-order valence-electron chi connectivity index (χ4n) is 0.767. The van der Waals surface area contributed by atoms with Gasteiger partial charge in [-0.1, -0.05) is 12.7 Å². The van der Waals surface area contributed by atoms with E-state index < -0.39 is 5.82 Å². The average molecular weight is 167 g/mol. The number of nitrogens with two attached hydrogens (primary N) is 1. The van der Waals surface area contributed by atoms with Crippen molar-refractivity contribution in [2.24, 2.45) is 0 Å². The zero-order chi connectivity index (χ0) is 8.97. The molecule has 12 heavy (non-hydrogen) atoms. The molecule has 0 radical (unpaired) electrons. The summed E-state index contributed by atoms with van der Waals surface area (Å²) >= 11 is 0. The number of benzene rings is 1. The molecule has 0 aliphatic rings. The second-order valence-corrected chi connectivity index (χ2v) is 2.28. The van der Waals surface area contributed by atoms with Crippen LogP contribution in [0.4, 0.5) is 10.1 Å². The maximum Gasteiger partial charge on any atom is 0.146 e. The van der Waals surface area contributed by atoms with Gasteiger partial charge in [0.25, 0.3) is 0 Å². The zero-order valence-corrected chi connectivity index (χ0v) is 6.59. The first kappa shape index (κ1) is 8.59. The van der Waals surface area contributed by atoms with Crippen LogP contribution in [0.25, 0.3) is 0 Å². The Hall–Kier alpha value is -1.51. The minimum Gasteiger partial charge on any atom is -0.489 e. The molecule has 0 aliphatic carbocycles. The highest BCUT2D eigenvalue weighted by Crippen LogP contribution is 2.18. The van der Waals surface area contributed by atoms with Gasteiger partial charge in [0.2, 0.25) is 0 Å². The van der Waals surface area contributed by atoms with Gasteiger partial charge in [0.1, 0.15) is 18.2 Å². The number of halogens is 1. The van der Waals surface area contributed by atoms with Crippen LogP contribution < -0.4 is 10.5 Å². The van der Waals surface area contributed by atoms with Crippen LogP contribution in [-0.4, -0.2) is 6.61 Å². The number of rotatable bonds is 3. The molecule has 0 aromatic heterocycles. The Balaban J connectivity index is 2.75. The second kappa shape index (κ2) is 3.76. The predicted molar refractivity (Wildman–Crippen MR) is 46.5 cm³/mol. The molecule has 0 bridgehead atoms. The van der Waals surface area contributed by atoms with Gasteiger partial charge in [-0.25, -0.2) is 4.39 Å².